The van der Waals surface area contributed by atoms with Gasteiger partial charge in [0.25, 0.3) is 0 Å². The third kappa shape index (κ3) is 4.41. The highest BCUT2D eigenvalue weighted by Gasteiger charge is 2.34. The van der Waals surface area contributed by atoms with Crippen LogP contribution in [0.5, 0.6) is 11.5 Å². The van der Waals surface area contributed by atoms with Crippen LogP contribution in [0.2, 0.25) is 0 Å². The van der Waals surface area contributed by atoms with Crippen molar-refractivity contribution in [1.82, 2.24) is 4.31 Å². The topological polar surface area (TPSA) is 84.9 Å². The van der Waals surface area contributed by atoms with E-state index in [1.807, 2.05) is 0 Å². The number of nitrogens with one attached hydrogen (secondary N) is 1. The number of carbonyl (C=O) groups is 1. The van der Waals surface area contributed by atoms with E-state index in [4.69, 9.17) is 9.47 Å². The van der Waals surface area contributed by atoms with E-state index in [9.17, 15) is 17.6 Å². The molecule has 1 fully saturated rings. The van der Waals surface area contributed by atoms with Crippen molar-refractivity contribution in [1.29, 1.82) is 0 Å². The standard InChI is InChI=1S/C21H23FN2O5S/c22-15-4-7-18(8-5-15)30(26,27)24-10-2-1-3-17(24)14-21(25)23-16-6-9-19-20(13-16)29-12-11-28-19/h4-9,13,17H,1-3,10-12,14H2,(H,23,25). The van der Waals surface area contributed by atoms with Gasteiger partial charge in [-0.25, -0.2) is 12.8 Å². The number of hydrogen-bond donors (Lipinski definition) is 1. The summed E-state index contributed by atoms with van der Waals surface area (Å²) in [6.07, 6.45) is 2.20. The summed E-state index contributed by atoms with van der Waals surface area (Å²) in [4.78, 5) is 12.7. The van der Waals surface area contributed by atoms with Crippen LogP contribution in [0.15, 0.2) is 47.4 Å². The highest BCUT2D eigenvalue weighted by atomic mass is 32.2. The predicted octanol–water partition coefficient (Wildman–Crippen LogP) is 3.17. The quantitative estimate of drug-likeness (QED) is 0.781. The summed E-state index contributed by atoms with van der Waals surface area (Å²) in [5, 5.41) is 2.81. The lowest BCUT2D eigenvalue weighted by Crippen LogP contribution is -2.45. The molecule has 4 rings (SSSR count). The van der Waals surface area contributed by atoms with E-state index in [0.717, 1.165) is 25.0 Å². The number of amides is 1. The maximum Gasteiger partial charge on any atom is 0.243 e. The molecule has 1 amide bonds. The van der Waals surface area contributed by atoms with Crippen molar-refractivity contribution in [3.8, 4) is 11.5 Å². The minimum Gasteiger partial charge on any atom is -0.486 e. The van der Waals surface area contributed by atoms with Crippen LogP contribution in [0.3, 0.4) is 0 Å². The van der Waals surface area contributed by atoms with Crippen LogP contribution < -0.4 is 14.8 Å². The Morgan fingerprint density at radius 3 is 2.57 bits per heavy atom. The van der Waals surface area contributed by atoms with Crippen LogP contribution in [0.1, 0.15) is 25.7 Å². The summed E-state index contributed by atoms with van der Waals surface area (Å²) in [7, 11) is -3.81. The molecule has 9 heteroatoms. The van der Waals surface area contributed by atoms with Gasteiger partial charge in [-0.3, -0.25) is 4.79 Å². The van der Waals surface area contributed by atoms with Gasteiger partial charge in [0, 0.05) is 30.8 Å². The predicted molar refractivity (Wildman–Crippen MR) is 109 cm³/mol. The molecule has 0 radical (unpaired) electrons. The van der Waals surface area contributed by atoms with Crippen LogP contribution in [0, 0.1) is 5.82 Å². The normalized spacial score (nSPS) is 19.3. The van der Waals surface area contributed by atoms with Crippen molar-refractivity contribution in [2.24, 2.45) is 0 Å². The van der Waals surface area contributed by atoms with Gasteiger partial charge in [0.1, 0.15) is 19.0 Å². The summed E-state index contributed by atoms with van der Waals surface area (Å²) < 4.78 is 51.7. The number of benzene rings is 2. The van der Waals surface area contributed by atoms with E-state index in [0.29, 0.717) is 43.4 Å². The highest BCUT2D eigenvalue weighted by Crippen LogP contribution is 2.33. The van der Waals surface area contributed by atoms with E-state index >= 15 is 0 Å². The SMILES string of the molecule is O=C(CC1CCCCN1S(=O)(=O)c1ccc(F)cc1)Nc1ccc2c(c1)OCCO2. The molecular formula is C21H23FN2O5S. The molecule has 0 aromatic heterocycles. The van der Waals surface area contributed by atoms with E-state index in [1.165, 1.54) is 16.4 Å². The molecule has 30 heavy (non-hydrogen) atoms. The number of fused-ring (bicyclic) bond motifs is 1. The van der Waals surface area contributed by atoms with Crippen LogP contribution >= 0.6 is 0 Å². The molecule has 0 aliphatic carbocycles. The van der Waals surface area contributed by atoms with Gasteiger partial charge in [-0.05, 0) is 49.2 Å². The van der Waals surface area contributed by atoms with Crippen LogP contribution in [-0.2, 0) is 14.8 Å². The zero-order chi connectivity index (χ0) is 21.1. The minimum atomic E-state index is -3.81. The first-order chi connectivity index (χ1) is 14.4. The Hall–Kier alpha value is -2.65. The molecule has 0 saturated carbocycles. The molecule has 1 N–H and O–H groups in total. The molecule has 1 saturated heterocycles. The van der Waals surface area contributed by atoms with E-state index in [2.05, 4.69) is 5.32 Å². The summed E-state index contributed by atoms with van der Waals surface area (Å²) >= 11 is 0. The smallest absolute Gasteiger partial charge is 0.243 e. The van der Waals surface area contributed by atoms with Crippen molar-refractivity contribution in [3.05, 3.63) is 48.3 Å². The van der Waals surface area contributed by atoms with Gasteiger partial charge in [0.15, 0.2) is 11.5 Å². The van der Waals surface area contributed by atoms with Crippen molar-refractivity contribution in [3.63, 3.8) is 0 Å². The monoisotopic (exact) mass is 434 g/mol. The first kappa shape index (κ1) is 20.6. The average Bonchev–Trinajstić information content (AvgIpc) is 2.74. The van der Waals surface area contributed by atoms with Crippen molar-refractivity contribution >= 4 is 21.6 Å². The Morgan fingerprint density at radius 2 is 1.80 bits per heavy atom. The molecule has 7 nitrogen and oxygen atoms in total. The van der Waals surface area contributed by atoms with E-state index in [1.54, 1.807) is 18.2 Å². The van der Waals surface area contributed by atoms with Gasteiger partial charge >= 0.3 is 0 Å². The zero-order valence-electron chi connectivity index (χ0n) is 16.3. The lowest BCUT2D eigenvalue weighted by atomic mass is 10.0. The maximum atomic E-state index is 13.2. The molecular weight excluding hydrogens is 411 g/mol. The van der Waals surface area contributed by atoms with Crippen molar-refractivity contribution in [2.45, 2.75) is 36.6 Å². The number of nitrogens with zero attached hydrogens (tertiary/aromatic N) is 1. The number of piperidine rings is 1. The second kappa shape index (κ2) is 8.61. The fourth-order valence-corrected chi connectivity index (χ4v) is 5.48. The Balaban J connectivity index is 1.46. The second-order valence-electron chi connectivity index (χ2n) is 7.33. The number of anilines is 1. The number of rotatable bonds is 5. The maximum absolute atomic E-state index is 13.2. The third-order valence-corrected chi connectivity index (χ3v) is 7.21. The number of sulfonamides is 1. The summed E-state index contributed by atoms with van der Waals surface area (Å²) in [5.74, 6) is 0.418. The molecule has 2 aromatic rings. The Morgan fingerprint density at radius 1 is 1.07 bits per heavy atom. The first-order valence-electron chi connectivity index (χ1n) is 9.90. The molecule has 2 aliphatic heterocycles. The molecule has 1 unspecified atom stereocenters. The minimum absolute atomic E-state index is 0.0306. The Labute approximate surface area is 174 Å². The van der Waals surface area contributed by atoms with Gasteiger partial charge < -0.3 is 14.8 Å². The number of hydrogen-bond acceptors (Lipinski definition) is 5. The summed E-state index contributed by atoms with van der Waals surface area (Å²) in [6, 6.07) is 9.46. The van der Waals surface area contributed by atoms with Crippen molar-refractivity contribution < 1.29 is 27.1 Å². The number of ether oxygens (including phenoxy) is 2. The van der Waals surface area contributed by atoms with E-state index < -0.39 is 21.9 Å². The Bertz CT molecular complexity index is 1030. The lowest BCUT2D eigenvalue weighted by Gasteiger charge is -2.34. The molecule has 2 heterocycles. The summed E-state index contributed by atoms with van der Waals surface area (Å²) in [6.45, 7) is 1.27. The van der Waals surface area contributed by atoms with Crippen LogP contribution in [0.25, 0.3) is 0 Å². The van der Waals surface area contributed by atoms with Crippen molar-refractivity contribution in [2.75, 3.05) is 25.1 Å². The fraction of sp³-hybridized carbons (Fsp3) is 0.381. The first-order valence-corrected chi connectivity index (χ1v) is 11.3. The Kier molecular flexibility index (Phi) is 5.92. The summed E-state index contributed by atoms with van der Waals surface area (Å²) in [5.41, 5.74) is 0.563. The van der Waals surface area contributed by atoms with Gasteiger partial charge in [-0.15, -0.1) is 0 Å². The molecule has 2 aromatic carbocycles. The molecule has 1 atom stereocenters. The van der Waals surface area contributed by atoms with Crippen LogP contribution in [0.4, 0.5) is 10.1 Å². The van der Waals surface area contributed by atoms with Gasteiger partial charge in [-0.2, -0.15) is 4.31 Å². The number of carbonyl (C=O) groups excluding carboxylic acids is 1. The molecule has 0 bridgehead atoms. The van der Waals surface area contributed by atoms with Gasteiger partial charge in [-0.1, -0.05) is 6.42 Å². The molecule has 0 spiro atoms. The van der Waals surface area contributed by atoms with Gasteiger partial charge in [0.2, 0.25) is 15.9 Å². The highest BCUT2D eigenvalue weighted by molar-refractivity contribution is 7.89. The zero-order valence-corrected chi connectivity index (χ0v) is 17.2. The number of halogens is 1. The van der Waals surface area contributed by atoms with Crippen LogP contribution in [-0.4, -0.2) is 44.4 Å². The van der Waals surface area contributed by atoms with E-state index in [-0.39, 0.29) is 17.2 Å². The fourth-order valence-electron chi connectivity index (χ4n) is 3.78. The molecule has 160 valence electrons. The largest absolute Gasteiger partial charge is 0.486 e. The third-order valence-electron chi connectivity index (χ3n) is 5.24. The van der Waals surface area contributed by atoms with Gasteiger partial charge in [0.05, 0.1) is 4.90 Å². The lowest BCUT2D eigenvalue weighted by molar-refractivity contribution is -0.117. The average molecular weight is 434 g/mol. The second-order valence-corrected chi connectivity index (χ2v) is 9.22. The molecule has 2 aliphatic rings.